The topological polar surface area (TPSA) is 110 Å². The smallest absolute Gasteiger partial charge is 0.342 e. The van der Waals surface area contributed by atoms with Gasteiger partial charge < -0.3 is 33.5 Å². The first kappa shape index (κ1) is 29.6. The SMILES string of the molecule is COCOc1cc(O)cc2c1C(=O)O[C@@H](C)[C@H](C)/C=C\C(OC(=O)c1ccccc1)C1OC(C)(C)O[C@H]1CCC2. The zero-order valence-electron chi connectivity index (χ0n) is 23.6. The summed E-state index contributed by atoms with van der Waals surface area (Å²) in [5, 5.41) is 10.4. The molecule has 0 amide bonds. The largest absolute Gasteiger partial charge is 0.508 e. The normalized spacial score (nSPS) is 27.4. The third-order valence-corrected chi connectivity index (χ3v) is 7.08. The van der Waals surface area contributed by atoms with Gasteiger partial charge in [0.25, 0.3) is 0 Å². The number of phenolic OH excluding ortho intramolecular Hbond substituents is 1. The first-order chi connectivity index (χ1) is 19.1. The van der Waals surface area contributed by atoms with Gasteiger partial charge in [0.2, 0.25) is 0 Å². The zero-order valence-corrected chi connectivity index (χ0v) is 23.6. The fraction of sp³-hybridized carbons (Fsp3) is 0.484. The van der Waals surface area contributed by atoms with Crippen LogP contribution in [-0.2, 0) is 30.1 Å². The van der Waals surface area contributed by atoms with Crippen LogP contribution in [0.15, 0.2) is 54.6 Å². The van der Waals surface area contributed by atoms with Crippen LogP contribution in [-0.4, -0.2) is 61.2 Å². The molecule has 2 aromatic carbocycles. The highest BCUT2D eigenvalue weighted by Crippen LogP contribution is 2.36. The average Bonchev–Trinajstić information content (AvgIpc) is 3.22. The summed E-state index contributed by atoms with van der Waals surface area (Å²) in [5.74, 6) is -1.99. The number of fused-ring (bicyclic) bond motifs is 2. The van der Waals surface area contributed by atoms with Crippen LogP contribution < -0.4 is 4.74 Å². The number of benzene rings is 2. The Morgan fingerprint density at radius 1 is 1.10 bits per heavy atom. The van der Waals surface area contributed by atoms with Crippen molar-refractivity contribution in [3.05, 3.63) is 71.3 Å². The highest BCUT2D eigenvalue weighted by atomic mass is 16.8. The lowest BCUT2D eigenvalue weighted by Crippen LogP contribution is -2.38. The summed E-state index contributed by atoms with van der Waals surface area (Å²) in [6.45, 7) is 7.27. The van der Waals surface area contributed by atoms with Gasteiger partial charge in [-0.05, 0) is 69.9 Å². The minimum Gasteiger partial charge on any atom is -0.508 e. The Balaban J connectivity index is 1.68. The van der Waals surface area contributed by atoms with Crippen molar-refractivity contribution in [3.63, 3.8) is 0 Å². The first-order valence-electron chi connectivity index (χ1n) is 13.6. The maximum Gasteiger partial charge on any atom is 0.342 e. The van der Waals surface area contributed by atoms with Crippen molar-refractivity contribution in [2.24, 2.45) is 5.92 Å². The maximum absolute atomic E-state index is 13.4. The van der Waals surface area contributed by atoms with E-state index in [9.17, 15) is 14.7 Å². The van der Waals surface area contributed by atoms with Gasteiger partial charge in [-0.1, -0.05) is 31.2 Å². The molecule has 9 heteroatoms. The third-order valence-electron chi connectivity index (χ3n) is 7.08. The Labute approximate surface area is 235 Å². The third kappa shape index (κ3) is 7.21. The van der Waals surface area contributed by atoms with Crippen LogP contribution in [0, 0.1) is 5.92 Å². The average molecular weight is 555 g/mol. The van der Waals surface area contributed by atoms with Crippen LogP contribution in [0.3, 0.4) is 0 Å². The van der Waals surface area contributed by atoms with Gasteiger partial charge in [0.05, 0.1) is 11.7 Å². The van der Waals surface area contributed by atoms with E-state index in [1.54, 1.807) is 43.3 Å². The predicted octanol–water partition coefficient (Wildman–Crippen LogP) is 5.19. The number of phenols is 1. The molecule has 2 aliphatic rings. The lowest BCUT2D eigenvalue weighted by atomic mass is 9.95. The van der Waals surface area contributed by atoms with Crippen molar-refractivity contribution in [2.75, 3.05) is 13.9 Å². The van der Waals surface area contributed by atoms with E-state index in [0.29, 0.717) is 30.4 Å². The molecule has 9 nitrogen and oxygen atoms in total. The Bertz CT molecular complexity index is 1210. The molecule has 1 saturated heterocycles. The van der Waals surface area contributed by atoms with E-state index in [1.165, 1.54) is 13.2 Å². The molecule has 5 atom stereocenters. The molecule has 0 bridgehead atoms. The highest BCUT2D eigenvalue weighted by molar-refractivity contribution is 5.94. The van der Waals surface area contributed by atoms with Crippen molar-refractivity contribution >= 4 is 11.9 Å². The zero-order chi connectivity index (χ0) is 28.9. The van der Waals surface area contributed by atoms with E-state index in [-0.39, 0.29) is 35.9 Å². The summed E-state index contributed by atoms with van der Waals surface area (Å²) in [5.41, 5.74) is 1.28. The molecule has 0 saturated carbocycles. The standard InChI is InChI=1S/C31H38O9/c1-19-14-15-24(38-29(33)21-10-7-6-8-11-21)28-25(39-31(3,4)40-28)13-9-12-22-16-23(32)17-26(36-18-35-5)27(22)30(34)37-20(19)2/h6-8,10-11,14-17,19-20,24-25,28,32H,9,12-13,18H2,1-5H3/b15-14-/t19-,20+,24?,25+,28?/m1/s1. The van der Waals surface area contributed by atoms with Crippen LogP contribution >= 0.6 is 0 Å². The molecule has 40 heavy (non-hydrogen) atoms. The molecule has 0 aliphatic carbocycles. The summed E-state index contributed by atoms with van der Waals surface area (Å²) in [6.07, 6.45) is 3.01. The number of esters is 2. The maximum atomic E-state index is 13.4. The number of hydrogen-bond donors (Lipinski definition) is 1. The molecule has 2 unspecified atom stereocenters. The Morgan fingerprint density at radius 2 is 1.85 bits per heavy atom. The summed E-state index contributed by atoms with van der Waals surface area (Å²) in [6, 6.07) is 11.7. The van der Waals surface area contributed by atoms with Gasteiger partial charge in [-0.25, -0.2) is 9.59 Å². The van der Waals surface area contributed by atoms with Gasteiger partial charge in [0.15, 0.2) is 12.6 Å². The van der Waals surface area contributed by atoms with Crippen molar-refractivity contribution in [1.29, 1.82) is 0 Å². The molecule has 216 valence electrons. The second-order valence-electron chi connectivity index (χ2n) is 10.7. The minimum atomic E-state index is -0.885. The molecule has 2 aromatic rings. The summed E-state index contributed by atoms with van der Waals surface area (Å²) >= 11 is 0. The van der Waals surface area contributed by atoms with E-state index < -0.39 is 36.0 Å². The molecular formula is C31H38O9. The monoisotopic (exact) mass is 554 g/mol. The van der Waals surface area contributed by atoms with E-state index in [4.69, 9.17) is 28.4 Å². The fourth-order valence-corrected chi connectivity index (χ4v) is 4.94. The molecule has 1 fully saturated rings. The molecular weight excluding hydrogens is 516 g/mol. The molecule has 4 rings (SSSR count). The van der Waals surface area contributed by atoms with Crippen LogP contribution in [0.4, 0.5) is 0 Å². The van der Waals surface area contributed by atoms with E-state index >= 15 is 0 Å². The van der Waals surface area contributed by atoms with Crippen molar-refractivity contribution in [3.8, 4) is 11.5 Å². The van der Waals surface area contributed by atoms with Crippen LogP contribution in [0.5, 0.6) is 11.5 Å². The van der Waals surface area contributed by atoms with E-state index in [2.05, 4.69) is 0 Å². The summed E-state index contributed by atoms with van der Waals surface area (Å²) in [7, 11) is 1.47. The van der Waals surface area contributed by atoms with Crippen molar-refractivity contribution in [1.82, 2.24) is 0 Å². The first-order valence-corrected chi connectivity index (χ1v) is 13.6. The van der Waals surface area contributed by atoms with Crippen LogP contribution in [0.1, 0.15) is 66.8 Å². The number of ether oxygens (including phenoxy) is 6. The van der Waals surface area contributed by atoms with E-state index in [1.807, 2.05) is 32.9 Å². The van der Waals surface area contributed by atoms with Gasteiger partial charge in [0, 0.05) is 19.1 Å². The molecule has 0 spiro atoms. The quantitative estimate of drug-likeness (QED) is 0.303. The number of hydrogen-bond acceptors (Lipinski definition) is 9. The minimum absolute atomic E-state index is 0.0320. The van der Waals surface area contributed by atoms with Gasteiger partial charge in [-0.3, -0.25) is 0 Å². The number of carbonyl (C=O) groups excluding carboxylic acids is 2. The van der Waals surface area contributed by atoms with Gasteiger partial charge in [-0.15, -0.1) is 0 Å². The van der Waals surface area contributed by atoms with Crippen molar-refractivity contribution < 1.29 is 43.1 Å². The van der Waals surface area contributed by atoms with Crippen molar-refractivity contribution in [2.45, 2.75) is 77.2 Å². The van der Waals surface area contributed by atoms with E-state index in [0.717, 1.165) is 0 Å². The van der Waals surface area contributed by atoms with Crippen LogP contribution in [0.25, 0.3) is 0 Å². The number of carbonyl (C=O) groups is 2. The molecule has 2 heterocycles. The number of methoxy groups -OCH3 is 1. The second kappa shape index (κ2) is 12.8. The molecule has 0 radical (unpaired) electrons. The Morgan fingerprint density at radius 3 is 2.58 bits per heavy atom. The summed E-state index contributed by atoms with van der Waals surface area (Å²) < 4.78 is 35.0. The Hall–Kier alpha value is -3.40. The van der Waals surface area contributed by atoms with Gasteiger partial charge in [0.1, 0.15) is 35.4 Å². The number of aryl methyl sites for hydroxylation is 1. The fourth-order valence-electron chi connectivity index (χ4n) is 4.94. The number of rotatable bonds is 5. The summed E-state index contributed by atoms with van der Waals surface area (Å²) in [4.78, 5) is 26.4. The Kier molecular flexibility index (Phi) is 9.50. The lowest BCUT2D eigenvalue weighted by molar-refractivity contribution is -0.153. The molecule has 1 N–H and O–H groups in total. The highest BCUT2D eigenvalue weighted by Gasteiger charge is 2.45. The molecule has 2 aliphatic heterocycles. The second-order valence-corrected chi connectivity index (χ2v) is 10.7. The van der Waals surface area contributed by atoms with Gasteiger partial charge >= 0.3 is 11.9 Å². The van der Waals surface area contributed by atoms with Gasteiger partial charge in [-0.2, -0.15) is 0 Å². The predicted molar refractivity (Wildman–Crippen MR) is 146 cm³/mol. The van der Waals surface area contributed by atoms with Crippen LogP contribution in [0.2, 0.25) is 0 Å². The molecule has 0 aromatic heterocycles. The lowest BCUT2D eigenvalue weighted by Gasteiger charge is -2.26. The number of aromatic hydroxyl groups is 1. The number of cyclic esters (lactones) is 1.